The van der Waals surface area contributed by atoms with Crippen molar-refractivity contribution in [2.45, 2.75) is 155 Å². The van der Waals surface area contributed by atoms with Crippen LogP contribution >= 0.6 is 7.82 Å². The molecule has 0 aromatic carbocycles. The average molecular weight is 816 g/mol. The van der Waals surface area contributed by atoms with Crippen LogP contribution in [-0.4, -0.2) is 64.1 Å². The lowest BCUT2D eigenvalue weighted by molar-refractivity contribution is -0.870. The van der Waals surface area contributed by atoms with Crippen LogP contribution in [-0.2, 0) is 27.9 Å². The zero-order valence-corrected chi connectivity index (χ0v) is 37.6. The van der Waals surface area contributed by atoms with Crippen molar-refractivity contribution >= 4 is 13.8 Å². The summed E-state index contributed by atoms with van der Waals surface area (Å²) in [5.74, 6) is -0.380. The van der Waals surface area contributed by atoms with Gasteiger partial charge < -0.3 is 27.9 Å². The molecule has 0 radical (unpaired) electrons. The van der Waals surface area contributed by atoms with Crippen molar-refractivity contribution in [3.63, 3.8) is 0 Å². The van der Waals surface area contributed by atoms with Crippen LogP contribution in [0, 0.1) is 0 Å². The van der Waals surface area contributed by atoms with Gasteiger partial charge >= 0.3 is 5.97 Å². The summed E-state index contributed by atoms with van der Waals surface area (Å²) >= 11 is 0. The van der Waals surface area contributed by atoms with E-state index in [1.54, 1.807) is 6.26 Å². The van der Waals surface area contributed by atoms with Crippen molar-refractivity contribution in [3.05, 3.63) is 97.4 Å². The highest BCUT2D eigenvalue weighted by molar-refractivity contribution is 7.45. The number of phosphoric ester groups is 1. The minimum atomic E-state index is -4.54. The van der Waals surface area contributed by atoms with Crippen molar-refractivity contribution in [1.82, 2.24) is 0 Å². The van der Waals surface area contributed by atoms with Gasteiger partial charge in [-0.05, 0) is 89.5 Å². The Labute approximate surface area is 349 Å². The number of likely N-dealkylation sites (N-methyl/N-ethyl adjacent to an activating group) is 1. The molecule has 0 fully saturated rings. The Morgan fingerprint density at radius 1 is 0.579 bits per heavy atom. The van der Waals surface area contributed by atoms with E-state index in [0.29, 0.717) is 17.4 Å². The highest BCUT2D eigenvalue weighted by atomic mass is 31.2. The van der Waals surface area contributed by atoms with E-state index < -0.39 is 13.9 Å². The molecule has 0 aliphatic heterocycles. The van der Waals surface area contributed by atoms with Gasteiger partial charge in [0.15, 0.2) is 6.10 Å². The Bertz CT molecular complexity index is 1230. The van der Waals surface area contributed by atoms with Gasteiger partial charge in [-0.3, -0.25) is 9.36 Å². The molecule has 8 nitrogen and oxygen atoms in total. The van der Waals surface area contributed by atoms with Crippen molar-refractivity contribution in [2.24, 2.45) is 0 Å². The molecule has 9 heteroatoms. The smallest absolute Gasteiger partial charge is 0.306 e. The zero-order valence-electron chi connectivity index (χ0n) is 36.7. The molecular weight excluding hydrogens is 734 g/mol. The van der Waals surface area contributed by atoms with Crippen LogP contribution in [0.5, 0.6) is 0 Å². The largest absolute Gasteiger partial charge is 0.756 e. The molecule has 326 valence electrons. The Morgan fingerprint density at radius 3 is 1.54 bits per heavy atom. The van der Waals surface area contributed by atoms with Crippen molar-refractivity contribution in [3.8, 4) is 0 Å². The fraction of sp³-hybridized carbons (Fsp3) is 0.646. The molecule has 0 rings (SSSR count). The second-order valence-electron chi connectivity index (χ2n) is 15.4. The molecular formula is C48H82NO7P. The predicted octanol–water partition coefficient (Wildman–Crippen LogP) is 12.8. The lowest BCUT2D eigenvalue weighted by atomic mass is 10.1. The fourth-order valence-electron chi connectivity index (χ4n) is 5.25. The molecule has 0 bridgehead atoms. The number of carbonyl (C=O) groups is 1. The molecule has 0 aliphatic carbocycles. The molecule has 0 aliphatic rings. The lowest BCUT2D eigenvalue weighted by Gasteiger charge is -2.28. The van der Waals surface area contributed by atoms with Gasteiger partial charge in [-0.15, -0.1) is 0 Å². The minimum absolute atomic E-state index is 0.00945. The SMILES string of the molecule is CC/C=C\C/C=C\C/C=C\C/C=C\C/C=C\C/C=C\CCC(=O)OCC(COP(=O)([O-])OCC[N+](C)(C)C)O/C=C\CCCCCCCC/C=C\CCCCCC. The van der Waals surface area contributed by atoms with Crippen LogP contribution in [0.15, 0.2) is 97.4 Å². The van der Waals surface area contributed by atoms with Gasteiger partial charge in [0.05, 0.1) is 34.0 Å². The van der Waals surface area contributed by atoms with Gasteiger partial charge in [0.1, 0.15) is 19.8 Å². The topological polar surface area (TPSA) is 94.1 Å². The highest BCUT2D eigenvalue weighted by Gasteiger charge is 2.19. The first-order valence-electron chi connectivity index (χ1n) is 22.0. The van der Waals surface area contributed by atoms with Gasteiger partial charge in [0.2, 0.25) is 0 Å². The van der Waals surface area contributed by atoms with Crippen LogP contribution in [0.1, 0.15) is 149 Å². The van der Waals surface area contributed by atoms with Crippen LogP contribution in [0.3, 0.4) is 0 Å². The Balaban J connectivity index is 4.44. The molecule has 0 amide bonds. The molecule has 57 heavy (non-hydrogen) atoms. The Kier molecular flexibility index (Phi) is 38.1. The normalized spacial score (nSPS) is 14.6. The fourth-order valence-corrected chi connectivity index (χ4v) is 5.98. The van der Waals surface area contributed by atoms with Crippen LogP contribution in [0.4, 0.5) is 0 Å². The van der Waals surface area contributed by atoms with E-state index >= 15 is 0 Å². The summed E-state index contributed by atoms with van der Waals surface area (Å²) in [6.45, 7) is 4.47. The summed E-state index contributed by atoms with van der Waals surface area (Å²) in [6.07, 6.45) is 55.3. The number of unbranched alkanes of at least 4 members (excludes halogenated alkanes) is 11. The third-order valence-electron chi connectivity index (χ3n) is 8.72. The maximum absolute atomic E-state index is 12.5. The van der Waals surface area contributed by atoms with Crippen molar-refractivity contribution < 1.29 is 37.3 Å². The number of ether oxygens (including phenoxy) is 2. The number of esters is 1. The van der Waals surface area contributed by atoms with Gasteiger partial charge in [0.25, 0.3) is 7.82 Å². The number of hydrogen-bond donors (Lipinski definition) is 0. The molecule has 0 saturated carbocycles. The molecule has 0 spiro atoms. The highest BCUT2D eigenvalue weighted by Crippen LogP contribution is 2.38. The van der Waals surface area contributed by atoms with Crippen LogP contribution in [0.25, 0.3) is 0 Å². The molecule has 0 saturated heterocycles. The van der Waals surface area contributed by atoms with E-state index in [1.165, 1.54) is 64.2 Å². The molecule has 0 N–H and O–H groups in total. The average Bonchev–Trinajstić information content (AvgIpc) is 3.17. The number of quaternary nitrogens is 1. The quantitative estimate of drug-likeness (QED) is 0.0152. The van der Waals surface area contributed by atoms with Crippen LogP contribution in [0.2, 0.25) is 0 Å². The van der Waals surface area contributed by atoms with E-state index in [-0.39, 0.29) is 32.2 Å². The maximum atomic E-state index is 12.5. The Hall–Kier alpha value is -2.74. The van der Waals surface area contributed by atoms with E-state index in [1.807, 2.05) is 39.4 Å². The van der Waals surface area contributed by atoms with Crippen molar-refractivity contribution in [2.75, 3.05) is 47.5 Å². The first kappa shape index (κ1) is 54.3. The number of carbonyl (C=O) groups excluding carboxylic acids is 1. The second kappa shape index (κ2) is 40.1. The third kappa shape index (κ3) is 44.2. The molecule has 2 unspecified atom stereocenters. The zero-order chi connectivity index (χ0) is 42.0. The van der Waals surface area contributed by atoms with E-state index in [0.717, 1.165) is 57.8 Å². The molecule has 0 aromatic rings. The summed E-state index contributed by atoms with van der Waals surface area (Å²) in [7, 11) is 1.30. The van der Waals surface area contributed by atoms with E-state index in [2.05, 4.69) is 86.8 Å². The van der Waals surface area contributed by atoms with Crippen molar-refractivity contribution in [1.29, 1.82) is 0 Å². The second-order valence-corrected chi connectivity index (χ2v) is 16.8. The standard InChI is InChI=1S/C48H82NO7P/c1-6-8-10-12-14-16-18-20-22-24-25-26-27-29-31-33-35-37-39-41-48(50)54-45-47(46-56-57(51,52)55-44-42-49(3,4)5)53-43-40-38-36-34-32-30-28-23-21-19-17-15-13-11-9-7-2/h8,10,14,16-17,19-20,22,25-26,29,31,35,37,40,43,47H,6-7,9,11-13,15,18,21,23-24,27-28,30,32-34,36,38-39,41-42,44-46H2,1-5H3/b10-8-,16-14-,19-17-,22-20-,26-25-,31-29-,37-35-,43-40-. The van der Waals surface area contributed by atoms with Gasteiger partial charge in [-0.2, -0.15) is 0 Å². The molecule has 0 heterocycles. The van der Waals surface area contributed by atoms with Gasteiger partial charge in [0, 0.05) is 6.42 Å². The summed E-state index contributed by atoms with van der Waals surface area (Å²) in [5.41, 5.74) is 0. The molecule has 0 aromatic heterocycles. The lowest BCUT2D eigenvalue weighted by Crippen LogP contribution is -2.37. The predicted molar refractivity (Wildman–Crippen MR) is 240 cm³/mol. The summed E-state index contributed by atoms with van der Waals surface area (Å²) in [6, 6.07) is 0. The number of rotatable bonds is 39. The first-order valence-corrected chi connectivity index (χ1v) is 23.5. The van der Waals surface area contributed by atoms with Gasteiger partial charge in [-0.25, -0.2) is 0 Å². The monoisotopic (exact) mass is 816 g/mol. The minimum Gasteiger partial charge on any atom is -0.756 e. The number of phosphoric acid groups is 1. The summed E-state index contributed by atoms with van der Waals surface area (Å²) in [5, 5.41) is 0. The number of allylic oxidation sites excluding steroid dienone is 15. The van der Waals surface area contributed by atoms with Gasteiger partial charge in [-0.1, -0.05) is 144 Å². The number of nitrogens with zero attached hydrogens (tertiary/aromatic N) is 1. The Morgan fingerprint density at radius 2 is 1.04 bits per heavy atom. The summed E-state index contributed by atoms with van der Waals surface area (Å²) < 4.78 is 34.3. The maximum Gasteiger partial charge on any atom is 0.306 e. The van der Waals surface area contributed by atoms with E-state index in [9.17, 15) is 14.3 Å². The third-order valence-corrected chi connectivity index (χ3v) is 9.69. The van der Waals surface area contributed by atoms with Crippen LogP contribution < -0.4 is 4.89 Å². The number of hydrogen-bond acceptors (Lipinski definition) is 7. The summed E-state index contributed by atoms with van der Waals surface area (Å²) in [4.78, 5) is 24.8. The molecule has 2 atom stereocenters. The van der Waals surface area contributed by atoms with E-state index in [4.69, 9.17) is 18.5 Å². The first-order chi connectivity index (χ1) is 27.6.